The summed E-state index contributed by atoms with van der Waals surface area (Å²) < 4.78 is 30.8. The predicted octanol–water partition coefficient (Wildman–Crippen LogP) is 2.41. The van der Waals surface area contributed by atoms with Gasteiger partial charge >= 0.3 is 0 Å². The summed E-state index contributed by atoms with van der Waals surface area (Å²) in [5, 5.41) is 0. The van der Waals surface area contributed by atoms with E-state index < -0.39 is 11.6 Å². The van der Waals surface area contributed by atoms with Crippen molar-refractivity contribution in [3.8, 4) is 5.75 Å². The maximum absolute atomic E-state index is 12.8. The van der Waals surface area contributed by atoms with E-state index in [-0.39, 0.29) is 11.9 Å². The molecule has 0 aliphatic heterocycles. The van der Waals surface area contributed by atoms with Crippen molar-refractivity contribution in [1.29, 1.82) is 0 Å². The van der Waals surface area contributed by atoms with Crippen molar-refractivity contribution in [2.24, 2.45) is 5.73 Å². The van der Waals surface area contributed by atoms with Crippen LogP contribution in [-0.2, 0) is 0 Å². The Bertz CT molecular complexity index is 350. The molecule has 0 radical (unpaired) electrons. The predicted molar refractivity (Wildman–Crippen MR) is 57.9 cm³/mol. The summed E-state index contributed by atoms with van der Waals surface area (Å²) in [4.78, 5) is 0.305. The van der Waals surface area contributed by atoms with E-state index in [2.05, 4.69) is 12.2 Å². The van der Waals surface area contributed by atoms with Crippen molar-refractivity contribution in [3.63, 3.8) is 0 Å². The van der Waals surface area contributed by atoms with Gasteiger partial charge in [-0.1, -0.05) is 12.2 Å². The monoisotopic (exact) mass is 231 g/mol. The fraction of sp³-hybridized carbons (Fsp3) is 0.300. The molecule has 0 fully saturated rings. The molecule has 0 saturated heterocycles. The SMILES string of the molecule is CC(CC(N)=S)Oc1cc(F)cc(F)c1. The second-order valence-electron chi connectivity index (χ2n) is 3.20. The third kappa shape index (κ3) is 4.20. The third-order valence-corrected chi connectivity index (χ3v) is 1.83. The highest BCUT2D eigenvalue weighted by Crippen LogP contribution is 2.17. The molecule has 5 heteroatoms. The smallest absolute Gasteiger partial charge is 0.129 e. The van der Waals surface area contributed by atoms with Crippen LogP contribution in [0.25, 0.3) is 0 Å². The van der Waals surface area contributed by atoms with Crippen molar-refractivity contribution in [2.75, 3.05) is 0 Å². The average Bonchev–Trinajstić information content (AvgIpc) is 1.98. The second kappa shape index (κ2) is 5.02. The Morgan fingerprint density at radius 3 is 2.40 bits per heavy atom. The first-order valence-corrected chi connectivity index (χ1v) is 4.79. The van der Waals surface area contributed by atoms with Gasteiger partial charge in [-0.25, -0.2) is 8.78 Å². The molecule has 0 spiro atoms. The van der Waals surface area contributed by atoms with E-state index in [4.69, 9.17) is 10.5 Å². The van der Waals surface area contributed by atoms with Gasteiger partial charge in [-0.3, -0.25) is 0 Å². The zero-order chi connectivity index (χ0) is 11.4. The van der Waals surface area contributed by atoms with Gasteiger partial charge in [0.25, 0.3) is 0 Å². The lowest BCUT2D eigenvalue weighted by molar-refractivity contribution is 0.228. The van der Waals surface area contributed by atoms with Gasteiger partial charge in [0, 0.05) is 24.6 Å². The molecular formula is C10H11F2NOS. The number of nitrogens with two attached hydrogens (primary N) is 1. The first-order valence-electron chi connectivity index (χ1n) is 4.38. The molecule has 1 aromatic carbocycles. The Labute approximate surface area is 92.0 Å². The first-order chi connectivity index (χ1) is 6.97. The minimum absolute atomic E-state index is 0.135. The fourth-order valence-corrected chi connectivity index (χ4v) is 1.39. The summed E-state index contributed by atoms with van der Waals surface area (Å²) in [5.41, 5.74) is 5.31. The number of hydrogen-bond donors (Lipinski definition) is 1. The van der Waals surface area contributed by atoms with Crippen molar-refractivity contribution in [1.82, 2.24) is 0 Å². The highest BCUT2D eigenvalue weighted by Gasteiger charge is 2.07. The molecule has 1 aromatic rings. The number of halogens is 2. The van der Waals surface area contributed by atoms with Crippen LogP contribution in [-0.4, -0.2) is 11.1 Å². The van der Waals surface area contributed by atoms with Gasteiger partial charge in [0.1, 0.15) is 23.5 Å². The Morgan fingerprint density at radius 1 is 1.40 bits per heavy atom. The largest absolute Gasteiger partial charge is 0.490 e. The van der Waals surface area contributed by atoms with Crippen LogP contribution >= 0.6 is 12.2 Å². The van der Waals surface area contributed by atoms with Gasteiger partial charge in [0.15, 0.2) is 0 Å². The van der Waals surface area contributed by atoms with Crippen molar-refractivity contribution < 1.29 is 13.5 Å². The van der Waals surface area contributed by atoms with Crippen LogP contribution < -0.4 is 10.5 Å². The lowest BCUT2D eigenvalue weighted by Gasteiger charge is -2.13. The molecule has 82 valence electrons. The highest BCUT2D eigenvalue weighted by molar-refractivity contribution is 7.80. The molecule has 0 amide bonds. The Kier molecular flexibility index (Phi) is 3.96. The summed E-state index contributed by atoms with van der Waals surface area (Å²) in [6, 6.07) is 3.00. The molecular weight excluding hydrogens is 220 g/mol. The summed E-state index contributed by atoms with van der Waals surface area (Å²) in [5.74, 6) is -1.21. The van der Waals surface area contributed by atoms with Crippen LogP contribution in [0, 0.1) is 11.6 Å². The molecule has 1 unspecified atom stereocenters. The first kappa shape index (κ1) is 11.8. The van der Waals surface area contributed by atoms with E-state index in [9.17, 15) is 8.78 Å². The van der Waals surface area contributed by atoms with Crippen LogP contribution in [0.3, 0.4) is 0 Å². The van der Waals surface area contributed by atoms with E-state index >= 15 is 0 Å². The molecule has 1 rings (SSSR count). The molecule has 15 heavy (non-hydrogen) atoms. The second-order valence-corrected chi connectivity index (χ2v) is 3.73. The third-order valence-electron chi connectivity index (χ3n) is 1.66. The van der Waals surface area contributed by atoms with Gasteiger partial charge < -0.3 is 10.5 Å². The normalized spacial score (nSPS) is 12.2. The molecule has 1 atom stereocenters. The summed E-state index contributed by atoms with van der Waals surface area (Å²) in [6.07, 6.45) is 0.0664. The molecule has 0 heterocycles. The van der Waals surface area contributed by atoms with Crippen molar-refractivity contribution in [3.05, 3.63) is 29.8 Å². The van der Waals surface area contributed by atoms with Crippen LogP contribution in [0.4, 0.5) is 8.78 Å². The number of thiocarbonyl (C=S) groups is 1. The Balaban J connectivity index is 2.67. The fourth-order valence-electron chi connectivity index (χ4n) is 1.15. The zero-order valence-corrected chi connectivity index (χ0v) is 8.98. The minimum Gasteiger partial charge on any atom is -0.490 e. The van der Waals surface area contributed by atoms with E-state index in [1.54, 1.807) is 6.92 Å². The van der Waals surface area contributed by atoms with Gasteiger partial charge in [-0.05, 0) is 6.92 Å². The topological polar surface area (TPSA) is 35.2 Å². The van der Waals surface area contributed by atoms with E-state index in [1.165, 1.54) is 0 Å². The standard InChI is InChI=1S/C10H11F2NOS/c1-6(2-10(13)15)14-9-4-7(11)3-8(12)5-9/h3-6H,2H2,1H3,(H2,13,15). The Morgan fingerprint density at radius 2 is 1.93 bits per heavy atom. The molecule has 2 N–H and O–H groups in total. The average molecular weight is 231 g/mol. The minimum atomic E-state index is -0.674. The lowest BCUT2D eigenvalue weighted by atomic mass is 10.2. The zero-order valence-electron chi connectivity index (χ0n) is 8.17. The number of ether oxygens (including phenoxy) is 1. The van der Waals surface area contributed by atoms with E-state index in [1.807, 2.05) is 0 Å². The molecule has 0 saturated carbocycles. The highest BCUT2D eigenvalue weighted by atomic mass is 32.1. The number of benzene rings is 1. The van der Waals surface area contributed by atoms with Crippen LogP contribution in [0.15, 0.2) is 18.2 Å². The van der Waals surface area contributed by atoms with E-state index in [0.717, 1.165) is 18.2 Å². The summed E-state index contributed by atoms with van der Waals surface area (Å²) in [7, 11) is 0. The molecule has 0 aromatic heterocycles. The molecule has 0 aliphatic rings. The van der Waals surface area contributed by atoms with E-state index in [0.29, 0.717) is 11.4 Å². The van der Waals surface area contributed by atoms with Crippen LogP contribution in [0.2, 0.25) is 0 Å². The van der Waals surface area contributed by atoms with Crippen LogP contribution in [0.1, 0.15) is 13.3 Å². The van der Waals surface area contributed by atoms with Gasteiger partial charge in [0.2, 0.25) is 0 Å². The van der Waals surface area contributed by atoms with Crippen molar-refractivity contribution >= 4 is 17.2 Å². The summed E-state index contributed by atoms with van der Waals surface area (Å²) >= 11 is 4.69. The van der Waals surface area contributed by atoms with Gasteiger partial charge in [-0.15, -0.1) is 0 Å². The lowest BCUT2D eigenvalue weighted by Crippen LogP contribution is -2.20. The Hall–Kier alpha value is -1.23. The van der Waals surface area contributed by atoms with Gasteiger partial charge in [-0.2, -0.15) is 0 Å². The molecule has 0 bridgehead atoms. The molecule has 2 nitrogen and oxygen atoms in total. The summed E-state index contributed by atoms with van der Waals surface area (Å²) in [6.45, 7) is 1.72. The number of hydrogen-bond acceptors (Lipinski definition) is 2. The molecule has 0 aliphatic carbocycles. The van der Waals surface area contributed by atoms with Crippen LogP contribution in [0.5, 0.6) is 5.75 Å². The van der Waals surface area contributed by atoms with Gasteiger partial charge in [0.05, 0.1) is 4.99 Å². The maximum atomic E-state index is 12.8. The maximum Gasteiger partial charge on any atom is 0.129 e. The van der Waals surface area contributed by atoms with Crippen molar-refractivity contribution in [2.45, 2.75) is 19.4 Å². The quantitative estimate of drug-likeness (QED) is 0.808. The number of rotatable bonds is 4.